The molecule has 1 saturated heterocycles. The maximum Gasteiger partial charge on any atom is 0.416 e. The Morgan fingerprint density at radius 2 is 2.11 bits per heavy atom. The summed E-state index contributed by atoms with van der Waals surface area (Å²) in [4.78, 5) is 16.5. The van der Waals surface area contributed by atoms with E-state index in [1.165, 1.54) is 12.1 Å². The number of carbonyl (C=O) groups is 1. The lowest BCUT2D eigenvalue weighted by Gasteiger charge is -2.27. The van der Waals surface area contributed by atoms with E-state index in [-0.39, 0.29) is 18.0 Å². The molecule has 2 rings (SSSR count). The van der Waals surface area contributed by atoms with Crippen LogP contribution in [0.5, 0.6) is 0 Å². The molecule has 2 atom stereocenters. The van der Waals surface area contributed by atoms with Gasteiger partial charge < -0.3 is 19.8 Å². The van der Waals surface area contributed by atoms with Crippen molar-refractivity contribution in [3.63, 3.8) is 0 Å². The second-order valence-electron chi connectivity index (χ2n) is 6.29. The highest BCUT2D eigenvalue weighted by atomic mass is 32.2. The van der Waals surface area contributed by atoms with Crippen molar-refractivity contribution in [3.8, 4) is 0 Å². The van der Waals surface area contributed by atoms with Crippen molar-refractivity contribution in [2.24, 2.45) is 5.16 Å². The Balaban J connectivity index is 1.82. The van der Waals surface area contributed by atoms with Gasteiger partial charge in [0.25, 0.3) is 5.91 Å². The van der Waals surface area contributed by atoms with E-state index in [2.05, 4.69) is 10.5 Å². The Morgan fingerprint density at radius 3 is 2.71 bits per heavy atom. The predicted octanol–water partition coefficient (Wildman–Crippen LogP) is 1.69. The molecule has 2 N–H and O–H groups in total. The zero-order valence-electron chi connectivity index (χ0n) is 15.2. The first-order valence-electron chi connectivity index (χ1n) is 8.63. The molecule has 0 bridgehead atoms. The van der Waals surface area contributed by atoms with Gasteiger partial charge in [0.1, 0.15) is 0 Å². The highest BCUT2D eigenvalue weighted by Crippen LogP contribution is 2.31. The summed E-state index contributed by atoms with van der Waals surface area (Å²) in [6.45, 7) is 2.07. The maximum atomic E-state index is 12.8. The Hall–Kier alpha value is -1.82. The van der Waals surface area contributed by atoms with E-state index in [1.807, 2.05) is 0 Å². The fraction of sp³-hybridized carbons (Fsp3) is 0.529. The summed E-state index contributed by atoms with van der Waals surface area (Å²) in [6.07, 6.45) is -4.28. The van der Waals surface area contributed by atoms with Crippen LogP contribution in [0.25, 0.3) is 0 Å². The van der Waals surface area contributed by atoms with Crippen LogP contribution in [0.4, 0.5) is 13.2 Å². The number of rotatable bonds is 7. The summed E-state index contributed by atoms with van der Waals surface area (Å²) < 4.78 is 52.5. The number of aliphatic hydroxyl groups is 1. The van der Waals surface area contributed by atoms with Crippen LogP contribution in [-0.2, 0) is 27.2 Å². The Morgan fingerprint density at radius 1 is 1.43 bits per heavy atom. The van der Waals surface area contributed by atoms with Gasteiger partial charge in [-0.25, -0.2) is 0 Å². The molecular formula is C17H22F3N3O4S. The molecule has 1 heterocycles. The van der Waals surface area contributed by atoms with Crippen LogP contribution in [0.3, 0.4) is 0 Å². The number of benzene rings is 1. The molecule has 0 spiro atoms. The Kier molecular flexibility index (Phi) is 8.10. The number of aliphatic hydroxyl groups excluding tert-OH is 1. The second kappa shape index (κ2) is 10.1. The summed E-state index contributed by atoms with van der Waals surface area (Å²) in [5.74, 6) is -0.409. The number of oxime groups is 1. The molecule has 1 fully saturated rings. The van der Waals surface area contributed by atoms with E-state index >= 15 is 0 Å². The molecule has 1 aromatic carbocycles. The molecular weight excluding hydrogens is 399 g/mol. The molecule has 0 aromatic heterocycles. The number of nitrogens with zero attached hydrogens (tertiary/aromatic N) is 2. The number of alkyl halides is 3. The highest BCUT2D eigenvalue weighted by molar-refractivity contribution is 7.89. The van der Waals surface area contributed by atoms with Crippen molar-refractivity contribution in [3.05, 3.63) is 29.8 Å². The molecule has 156 valence electrons. The summed E-state index contributed by atoms with van der Waals surface area (Å²) in [7, 11) is 0. The van der Waals surface area contributed by atoms with Crippen LogP contribution in [-0.4, -0.2) is 57.9 Å². The zero-order chi connectivity index (χ0) is 20.7. The van der Waals surface area contributed by atoms with E-state index in [1.54, 1.807) is 11.2 Å². The number of hydrogen-bond acceptors (Lipinski definition) is 6. The van der Waals surface area contributed by atoms with Crippen LogP contribution >= 0.6 is 0 Å². The standard InChI is InChI=1S/C17H22F3N3O4S/c1-12(24)10-21-16(25)11-27-22-14-5-7-23(8-6-14)28(26)15-4-2-3-13(9-15)17(18,19)20/h2-4,9,12,24H,5-8,10-11H2,1H3,(H,21,25). The lowest BCUT2D eigenvalue weighted by Crippen LogP contribution is -2.39. The van der Waals surface area contributed by atoms with Crippen molar-refractivity contribution in [1.29, 1.82) is 0 Å². The van der Waals surface area contributed by atoms with Crippen molar-refractivity contribution < 1.29 is 32.5 Å². The van der Waals surface area contributed by atoms with E-state index in [9.17, 15) is 22.5 Å². The smallest absolute Gasteiger partial charge is 0.416 e. The minimum absolute atomic E-state index is 0.0984. The fourth-order valence-electron chi connectivity index (χ4n) is 2.43. The van der Waals surface area contributed by atoms with Gasteiger partial charge in [0, 0.05) is 25.5 Å². The fourth-order valence-corrected chi connectivity index (χ4v) is 3.66. The molecule has 0 aliphatic carbocycles. The lowest BCUT2D eigenvalue weighted by molar-refractivity contribution is -0.137. The third kappa shape index (κ3) is 6.97. The molecule has 0 saturated carbocycles. The molecule has 7 nitrogen and oxygen atoms in total. The molecule has 0 radical (unpaired) electrons. The highest BCUT2D eigenvalue weighted by Gasteiger charge is 2.33. The topological polar surface area (TPSA) is 97.2 Å². The van der Waals surface area contributed by atoms with Crippen molar-refractivity contribution in [2.75, 3.05) is 26.2 Å². The Bertz CT molecular complexity index is 690. The first-order valence-corrected chi connectivity index (χ1v) is 9.74. The molecule has 1 aliphatic heterocycles. The molecule has 11 heteroatoms. The minimum Gasteiger partial charge on any atom is -0.593 e. The van der Waals surface area contributed by atoms with Gasteiger partial charge in [-0.1, -0.05) is 11.2 Å². The van der Waals surface area contributed by atoms with Gasteiger partial charge in [-0.05, 0) is 19.1 Å². The van der Waals surface area contributed by atoms with E-state index in [0.29, 0.717) is 31.6 Å². The van der Waals surface area contributed by atoms with Crippen molar-refractivity contribution in [1.82, 2.24) is 9.62 Å². The average molecular weight is 421 g/mol. The molecule has 1 aliphatic rings. The minimum atomic E-state index is -4.49. The number of halogens is 3. The summed E-state index contributed by atoms with van der Waals surface area (Å²) in [6, 6.07) is 4.48. The summed E-state index contributed by atoms with van der Waals surface area (Å²) in [5.41, 5.74) is -0.152. The molecule has 28 heavy (non-hydrogen) atoms. The molecule has 2 unspecified atom stereocenters. The lowest BCUT2D eigenvalue weighted by atomic mass is 10.1. The first kappa shape index (κ1) is 22.5. The van der Waals surface area contributed by atoms with Crippen LogP contribution < -0.4 is 5.32 Å². The van der Waals surface area contributed by atoms with Crippen LogP contribution in [0, 0.1) is 0 Å². The molecule has 1 amide bonds. The average Bonchev–Trinajstić information content (AvgIpc) is 2.66. The zero-order valence-corrected chi connectivity index (χ0v) is 16.1. The van der Waals surface area contributed by atoms with Gasteiger partial charge in [0.05, 0.1) is 41.8 Å². The summed E-state index contributed by atoms with van der Waals surface area (Å²) >= 11 is -1.70. The van der Waals surface area contributed by atoms with Gasteiger partial charge in [0.15, 0.2) is 11.5 Å². The van der Waals surface area contributed by atoms with E-state index < -0.39 is 35.1 Å². The van der Waals surface area contributed by atoms with Gasteiger partial charge >= 0.3 is 6.18 Å². The van der Waals surface area contributed by atoms with Gasteiger partial charge in [-0.3, -0.25) is 4.79 Å². The number of carbonyl (C=O) groups excluding carboxylic acids is 1. The van der Waals surface area contributed by atoms with Crippen molar-refractivity contribution in [2.45, 2.75) is 36.9 Å². The third-order valence-electron chi connectivity index (χ3n) is 3.88. The summed E-state index contributed by atoms with van der Waals surface area (Å²) in [5, 5.41) is 15.4. The van der Waals surface area contributed by atoms with Crippen LogP contribution in [0.1, 0.15) is 25.3 Å². The number of nitrogens with one attached hydrogen (secondary N) is 1. The van der Waals surface area contributed by atoms with Gasteiger partial charge in [0.2, 0.25) is 0 Å². The second-order valence-corrected chi connectivity index (χ2v) is 7.77. The van der Waals surface area contributed by atoms with Gasteiger partial charge in [-0.15, -0.1) is 4.31 Å². The molecule has 1 aromatic rings. The predicted molar refractivity (Wildman–Crippen MR) is 96.7 cm³/mol. The Labute approximate surface area is 163 Å². The number of piperidine rings is 1. The maximum absolute atomic E-state index is 12.8. The van der Waals surface area contributed by atoms with Crippen LogP contribution in [0.15, 0.2) is 34.3 Å². The largest absolute Gasteiger partial charge is 0.593 e. The third-order valence-corrected chi connectivity index (χ3v) is 5.37. The first-order chi connectivity index (χ1) is 13.2. The quantitative estimate of drug-likeness (QED) is 0.516. The number of hydrogen-bond donors (Lipinski definition) is 2. The van der Waals surface area contributed by atoms with Crippen molar-refractivity contribution >= 4 is 23.0 Å². The van der Waals surface area contributed by atoms with E-state index in [4.69, 9.17) is 9.94 Å². The van der Waals surface area contributed by atoms with Crippen LogP contribution in [0.2, 0.25) is 0 Å². The van der Waals surface area contributed by atoms with Gasteiger partial charge in [-0.2, -0.15) is 13.2 Å². The normalized spacial score (nSPS) is 17.7. The number of amides is 1. The monoisotopic (exact) mass is 421 g/mol. The van der Waals surface area contributed by atoms with E-state index in [0.717, 1.165) is 12.1 Å². The SMILES string of the molecule is CC(O)CNC(=O)CON=C1CCN([S+]([O-])c2cccc(C(F)(F)F)c2)CC1.